The molecule has 1 aromatic carbocycles. The van der Waals surface area contributed by atoms with Gasteiger partial charge in [0.1, 0.15) is 11.7 Å². The van der Waals surface area contributed by atoms with Crippen LogP contribution in [-0.4, -0.2) is 35.4 Å². The number of esters is 1. The Balaban J connectivity index is 3.18. The first-order valence-electron chi connectivity index (χ1n) is 4.77. The lowest BCUT2D eigenvalue weighted by atomic mass is 10.2. The molecule has 1 aromatic rings. The molecule has 2 N–H and O–H groups in total. The van der Waals surface area contributed by atoms with E-state index >= 15 is 0 Å². The Bertz CT molecular complexity index is 438. The number of aliphatic hydroxyl groups excluding tert-OH is 1. The summed E-state index contributed by atoms with van der Waals surface area (Å²) in [7, 11) is 1.32. The molecule has 6 nitrogen and oxygen atoms in total. The minimum Gasteiger partial charge on any atom is -0.493 e. The molecule has 0 aliphatic carbocycles. The van der Waals surface area contributed by atoms with Crippen LogP contribution < -0.4 is 9.47 Å². The Hall–Kier alpha value is -2.08. The maximum Gasteiger partial charge on any atom is 0.340 e. The molecule has 6 heteroatoms. The highest BCUT2D eigenvalue weighted by Crippen LogP contribution is 2.31. The molecule has 0 aliphatic rings. The van der Waals surface area contributed by atoms with Gasteiger partial charge in [0.15, 0.2) is 11.5 Å². The summed E-state index contributed by atoms with van der Waals surface area (Å²) in [6.07, 6.45) is -1.35. The van der Waals surface area contributed by atoms with Gasteiger partial charge in [0.2, 0.25) is 0 Å². The number of aliphatic hydroxyl groups is 1. The fraction of sp³-hybridized carbons (Fsp3) is 0.273. The van der Waals surface area contributed by atoms with Crippen LogP contribution in [-0.2, 0) is 4.79 Å². The van der Waals surface area contributed by atoms with Gasteiger partial charge in [-0.25, -0.2) is 9.59 Å². The SMILES string of the molecule is COc1cccc(C(=O)O)c1OC(=O)C(C)O. The van der Waals surface area contributed by atoms with E-state index in [4.69, 9.17) is 19.7 Å². The van der Waals surface area contributed by atoms with Crippen molar-refractivity contribution in [2.24, 2.45) is 0 Å². The van der Waals surface area contributed by atoms with Crippen LogP contribution in [0.2, 0.25) is 0 Å². The van der Waals surface area contributed by atoms with Gasteiger partial charge in [-0.05, 0) is 19.1 Å². The van der Waals surface area contributed by atoms with E-state index in [0.717, 1.165) is 0 Å². The van der Waals surface area contributed by atoms with Crippen molar-refractivity contribution in [1.29, 1.82) is 0 Å². The van der Waals surface area contributed by atoms with Gasteiger partial charge in [-0.1, -0.05) is 6.07 Å². The maximum atomic E-state index is 11.2. The van der Waals surface area contributed by atoms with E-state index in [2.05, 4.69) is 0 Å². The smallest absolute Gasteiger partial charge is 0.340 e. The molecule has 1 unspecified atom stereocenters. The summed E-state index contributed by atoms with van der Waals surface area (Å²) in [6, 6.07) is 4.19. The van der Waals surface area contributed by atoms with E-state index in [1.165, 1.54) is 32.2 Å². The topological polar surface area (TPSA) is 93.1 Å². The third kappa shape index (κ3) is 2.94. The van der Waals surface area contributed by atoms with Crippen LogP contribution in [0.1, 0.15) is 17.3 Å². The highest BCUT2D eigenvalue weighted by molar-refractivity contribution is 5.93. The predicted octanol–water partition coefficient (Wildman–Crippen LogP) is 0.680. The first-order valence-corrected chi connectivity index (χ1v) is 4.77. The molecule has 1 rings (SSSR count). The molecule has 0 saturated carbocycles. The summed E-state index contributed by atoms with van der Waals surface area (Å²) in [4.78, 5) is 22.2. The zero-order valence-corrected chi connectivity index (χ0v) is 9.34. The van der Waals surface area contributed by atoms with Crippen LogP contribution in [0, 0.1) is 0 Å². The Kier molecular flexibility index (Phi) is 4.06. The van der Waals surface area contributed by atoms with Crippen LogP contribution in [0.25, 0.3) is 0 Å². The van der Waals surface area contributed by atoms with E-state index in [-0.39, 0.29) is 17.1 Å². The zero-order chi connectivity index (χ0) is 13.0. The number of carboxylic acid groups (broad SMARTS) is 1. The Morgan fingerprint density at radius 1 is 1.35 bits per heavy atom. The predicted molar refractivity (Wildman–Crippen MR) is 57.3 cm³/mol. The van der Waals surface area contributed by atoms with Gasteiger partial charge >= 0.3 is 11.9 Å². The highest BCUT2D eigenvalue weighted by Gasteiger charge is 2.21. The van der Waals surface area contributed by atoms with Crippen molar-refractivity contribution in [3.8, 4) is 11.5 Å². The number of para-hydroxylation sites is 1. The number of carboxylic acids is 1. The third-order valence-corrected chi connectivity index (χ3v) is 1.97. The van der Waals surface area contributed by atoms with Crippen molar-refractivity contribution in [2.75, 3.05) is 7.11 Å². The molecular formula is C11H12O6. The Morgan fingerprint density at radius 2 is 2.00 bits per heavy atom. The molecule has 0 heterocycles. The molecule has 17 heavy (non-hydrogen) atoms. The van der Waals surface area contributed by atoms with E-state index in [9.17, 15) is 9.59 Å². The van der Waals surface area contributed by atoms with Crippen molar-refractivity contribution < 1.29 is 29.3 Å². The molecule has 1 atom stereocenters. The van der Waals surface area contributed by atoms with Crippen molar-refractivity contribution in [3.63, 3.8) is 0 Å². The second kappa shape index (κ2) is 5.31. The molecule has 0 bridgehead atoms. The summed E-state index contributed by atoms with van der Waals surface area (Å²) in [5, 5.41) is 17.9. The first kappa shape index (κ1) is 13.0. The third-order valence-electron chi connectivity index (χ3n) is 1.97. The van der Waals surface area contributed by atoms with Crippen LogP contribution in [0.15, 0.2) is 18.2 Å². The molecular weight excluding hydrogens is 228 g/mol. The fourth-order valence-electron chi connectivity index (χ4n) is 1.14. The summed E-state index contributed by atoms with van der Waals surface area (Å²) < 4.78 is 9.69. The maximum absolute atomic E-state index is 11.2. The number of carbonyl (C=O) groups is 2. The van der Waals surface area contributed by atoms with Gasteiger partial charge in [0.25, 0.3) is 0 Å². The molecule has 0 fully saturated rings. The monoisotopic (exact) mass is 240 g/mol. The Morgan fingerprint density at radius 3 is 2.47 bits per heavy atom. The van der Waals surface area contributed by atoms with Gasteiger partial charge < -0.3 is 19.7 Å². The zero-order valence-electron chi connectivity index (χ0n) is 9.34. The molecule has 0 spiro atoms. The summed E-state index contributed by atoms with van der Waals surface area (Å²) in [5.74, 6) is -2.30. The minimum absolute atomic E-state index is 0.110. The molecule has 0 radical (unpaired) electrons. The highest BCUT2D eigenvalue weighted by atomic mass is 16.6. The van der Waals surface area contributed by atoms with Crippen LogP contribution in [0.5, 0.6) is 11.5 Å². The molecule has 0 amide bonds. The van der Waals surface area contributed by atoms with Crippen LogP contribution >= 0.6 is 0 Å². The van der Waals surface area contributed by atoms with Crippen LogP contribution in [0.3, 0.4) is 0 Å². The van der Waals surface area contributed by atoms with Crippen molar-refractivity contribution in [3.05, 3.63) is 23.8 Å². The lowest BCUT2D eigenvalue weighted by Gasteiger charge is -2.12. The number of methoxy groups -OCH3 is 1. The normalized spacial score (nSPS) is 11.7. The van der Waals surface area contributed by atoms with E-state index < -0.39 is 18.0 Å². The second-order valence-electron chi connectivity index (χ2n) is 3.24. The number of ether oxygens (including phenoxy) is 2. The average Bonchev–Trinajstić information content (AvgIpc) is 2.28. The summed E-state index contributed by atoms with van der Waals surface area (Å²) in [5.41, 5.74) is -0.210. The van der Waals surface area contributed by atoms with Crippen LogP contribution in [0.4, 0.5) is 0 Å². The molecule has 0 saturated heterocycles. The largest absolute Gasteiger partial charge is 0.493 e. The van der Waals surface area contributed by atoms with Gasteiger partial charge in [-0.15, -0.1) is 0 Å². The van der Waals surface area contributed by atoms with Gasteiger partial charge in [-0.3, -0.25) is 0 Å². The quantitative estimate of drug-likeness (QED) is 0.593. The van der Waals surface area contributed by atoms with E-state index in [1.807, 2.05) is 0 Å². The second-order valence-corrected chi connectivity index (χ2v) is 3.24. The van der Waals surface area contributed by atoms with E-state index in [0.29, 0.717) is 0 Å². The number of benzene rings is 1. The molecule has 0 aliphatic heterocycles. The number of rotatable bonds is 4. The van der Waals surface area contributed by atoms with Crippen molar-refractivity contribution >= 4 is 11.9 Å². The molecule has 92 valence electrons. The Labute approximate surface area is 97.4 Å². The van der Waals surface area contributed by atoms with Gasteiger partial charge in [0.05, 0.1) is 7.11 Å². The summed E-state index contributed by atoms with van der Waals surface area (Å²) >= 11 is 0. The fourth-order valence-corrected chi connectivity index (χ4v) is 1.14. The lowest BCUT2D eigenvalue weighted by Crippen LogP contribution is -2.23. The minimum atomic E-state index is -1.35. The molecule has 0 aromatic heterocycles. The van der Waals surface area contributed by atoms with Gasteiger partial charge in [-0.2, -0.15) is 0 Å². The van der Waals surface area contributed by atoms with Crippen molar-refractivity contribution in [2.45, 2.75) is 13.0 Å². The van der Waals surface area contributed by atoms with Crippen molar-refractivity contribution in [1.82, 2.24) is 0 Å². The number of hydrogen-bond acceptors (Lipinski definition) is 5. The number of hydrogen-bond donors (Lipinski definition) is 2. The summed E-state index contributed by atoms with van der Waals surface area (Å²) in [6.45, 7) is 1.22. The average molecular weight is 240 g/mol. The number of carbonyl (C=O) groups excluding carboxylic acids is 1. The number of aromatic carboxylic acids is 1. The first-order chi connectivity index (χ1) is 7.97. The van der Waals surface area contributed by atoms with Gasteiger partial charge in [0, 0.05) is 0 Å². The standard InChI is InChI=1S/C11H12O6/c1-6(12)11(15)17-9-7(10(13)14)4-3-5-8(9)16-2/h3-6,12H,1-2H3,(H,13,14). The van der Waals surface area contributed by atoms with E-state index in [1.54, 1.807) is 0 Å². The lowest BCUT2D eigenvalue weighted by molar-refractivity contribution is -0.142.